The first-order chi connectivity index (χ1) is 9.78. The maximum absolute atomic E-state index is 3.62. The van der Waals surface area contributed by atoms with Crippen molar-refractivity contribution in [2.75, 3.05) is 36.0 Å². The zero-order valence-corrected chi connectivity index (χ0v) is 12.8. The van der Waals surface area contributed by atoms with Gasteiger partial charge >= 0.3 is 0 Å². The summed E-state index contributed by atoms with van der Waals surface area (Å²) in [7, 11) is 0. The summed E-state index contributed by atoms with van der Waals surface area (Å²) >= 11 is 0. The van der Waals surface area contributed by atoms with Crippen LogP contribution in [0.25, 0.3) is 0 Å². The number of nitrogens with one attached hydrogen (secondary N) is 1. The summed E-state index contributed by atoms with van der Waals surface area (Å²) in [5.74, 6) is 0. The van der Waals surface area contributed by atoms with Crippen LogP contribution in [0.3, 0.4) is 0 Å². The highest BCUT2D eigenvalue weighted by molar-refractivity contribution is 5.57. The Morgan fingerprint density at radius 3 is 2.40 bits per heavy atom. The maximum Gasteiger partial charge on any atom is 0.0387 e. The Morgan fingerprint density at radius 2 is 1.75 bits per heavy atom. The minimum Gasteiger partial charge on any atom is -0.372 e. The number of anilines is 2. The first kappa shape index (κ1) is 13.7. The van der Waals surface area contributed by atoms with Gasteiger partial charge in [-0.2, -0.15) is 0 Å². The number of rotatable bonds is 3. The molecule has 0 aliphatic carbocycles. The van der Waals surface area contributed by atoms with E-state index >= 15 is 0 Å². The third-order valence-corrected chi connectivity index (χ3v) is 4.80. The molecule has 2 unspecified atom stereocenters. The van der Waals surface area contributed by atoms with E-state index in [0.29, 0.717) is 12.1 Å². The van der Waals surface area contributed by atoms with Crippen molar-refractivity contribution in [1.29, 1.82) is 0 Å². The molecule has 1 aromatic rings. The average Bonchev–Trinajstić information content (AvgIpc) is 3.02. The van der Waals surface area contributed by atoms with Crippen molar-refractivity contribution in [3.8, 4) is 0 Å². The molecule has 2 aliphatic rings. The molecule has 0 radical (unpaired) electrons. The first-order valence-corrected chi connectivity index (χ1v) is 8.13. The standard InChI is InChI=1S/C17H27N3/c1-3-15-13-20(14(2)12-18-15)17-8-6-16(7-9-17)19-10-4-5-11-19/h6-9,14-15,18H,3-5,10-13H2,1-2H3. The molecule has 2 saturated heterocycles. The molecule has 0 saturated carbocycles. The summed E-state index contributed by atoms with van der Waals surface area (Å²) in [5.41, 5.74) is 2.77. The maximum atomic E-state index is 3.62. The van der Waals surface area contributed by atoms with Gasteiger partial charge in [0.25, 0.3) is 0 Å². The molecule has 1 aromatic carbocycles. The van der Waals surface area contributed by atoms with Crippen LogP contribution >= 0.6 is 0 Å². The predicted molar refractivity (Wildman–Crippen MR) is 86.8 cm³/mol. The first-order valence-electron chi connectivity index (χ1n) is 8.13. The summed E-state index contributed by atoms with van der Waals surface area (Å²) in [6.45, 7) is 9.24. The van der Waals surface area contributed by atoms with E-state index in [1.54, 1.807) is 0 Å². The average molecular weight is 273 g/mol. The van der Waals surface area contributed by atoms with E-state index in [2.05, 4.69) is 53.2 Å². The molecular formula is C17H27N3. The lowest BCUT2D eigenvalue weighted by molar-refractivity contribution is 0.397. The van der Waals surface area contributed by atoms with E-state index in [1.807, 2.05) is 0 Å². The Hall–Kier alpha value is -1.22. The van der Waals surface area contributed by atoms with Crippen LogP contribution in [0.1, 0.15) is 33.1 Å². The van der Waals surface area contributed by atoms with Crippen LogP contribution in [0.4, 0.5) is 11.4 Å². The van der Waals surface area contributed by atoms with Gasteiger partial charge in [-0.3, -0.25) is 0 Å². The third kappa shape index (κ3) is 2.78. The van der Waals surface area contributed by atoms with E-state index in [9.17, 15) is 0 Å². The van der Waals surface area contributed by atoms with Crippen LogP contribution in [-0.2, 0) is 0 Å². The lowest BCUT2D eigenvalue weighted by atomic mass is 10.1. The fourth-order valence-corrected chi connectivity index (χ4v) is 3.39. The molecule has 3 nitrogen and oxygen atoms in total. The van der Waals surface area contributed by atoms with Crippen LogP contribution in [0.5, 0.6) is 0 Å². The fourth-order valence-electron chi connectivity index (χ4n) is 3.39. The van der Waals surface area contributed by atoms with E-state index in [4.69, 9.17) is 0 Å². The van der Waals surface area contributed by atoms with Crippen molar-refractivity contribution < 1.29 is 0 Å². The largest absolute Gasteiger partial charge is 0.372 e. The highest BCUT2D eigenvalue weighted by Gasteiger charge is 2.24. The van der Waals surface area contributed by atoms with Crippen molar-refractivity contribution in [3.05, 3.63) is 24.3 Å². The van der Waals surface area contributed by atoms with Crippen molar-refractivity contribution >= 4 is 11.4 Å². The SMILES string of the molecule is CCC1CN(c2ccc(N3CCCC3)cc2)C(C)CN1. The minimum atomic E-state index is 0.579. The molecule has 0 amide bonds. The molecule has 1 N–H and O–H groups in total. The number of piperazine rings is 1. The lowest BCUT2D eigenvalue weighted by Gasteiger charge is -2.40. The van der Waals surface area contributed by atoms with Gasteiger partial charge in [-0.15, -0.1) is 0 Å². The smallest absolute Gasteiger partial charge is 0.0387 e. The van der Waals surface area contributed by atoms with Crippen LogP contribution in [0.2, 0.25) is 0 Å². The third-order valence-electron chi connectivity index (χ3n) is 4.80. The van der Waals surface area contributed by atoms with Gasteiger partial charge in [-0.1, -0.05) is 6.92 Å². The number of hydrogen-bond donors (Lipinski definition) is 1. The van der Waals surface area contributed by atoms with Gasteiger partial charge < -0.3 is 15.1 Å². The summed E-state index contributed by atoms with van der Waals surface area (Å²) in [4.78, 5) is 5.05. The van der Waals surface area contributed by atoms with Gasteiger partial charge in [0.1, 0.15) is 0 Å². The molecule has 2 atom stereocenters. The number of hydrogen-bond acceptors (Lipinski definition) is 3. The Labute approximate surface area is 123 Å². The normalized spacial score (nSPS) is 27.1. The van der Waals surface area contributed by atoms with Crippen molar-refractivity contribution in [3.63, 3.8) is 0 Å². The molecule has 110 valence electrons. The molecule has 0 bridgehead atoms. The van der Waals surface area contributed by atoms with Gasteiger partial charge in [-0.05, 0) is 50.5 Å². The highest BCUT2D eigenvalue weighted by atomic mass is 15.2. The van der Waals surface area contributed by atoms with Gasteiger partial charge in [0.05, 0.1) is 0 Å². The molecule has 2 heterocycles. The van der Waals surface area contributed by atoms with E-state index in [0.717, 1.165) is 13.1 Å². The quantitative estimate of drug-likeness (QED) is 0.913. The monoisotopic (exact) mass is 273 g/mol. The second kappa shape index (κ2) is 6.04. The molecule has 3 rings (SSSR count). The van der Waals surface area contributed by atoms with Crippen molar-refractivity contribution in [2.45, 2.75) is 45.2 Å². The van der Waals surface area contributed by atoms with Crippen LogP contribution in [0, 0.1) is 0 Å². The molecule has 0 spiro atoms. The Balaban J connectivity index is 1.72. The summed E-state index contributed by atoms with van der Waals surface area (Å²) in [6, 6.07) is 10.4. The summed E-state index contributed by atoms with van der Waals surface area (Å²) in [5, 5.41) is 3.62. The van der Waals surface area contributed by atoms with Crippen LogP contribution in [-0.4, -0.2) is 38.3 Å². The molecule has 3 heteroatoms. The van der Waals surface area contributed by atoms with Crippen LogP contribution < -0.4 is 15.1 Å². The van der Waals surface area contributed by atoms with Gasteiger partial charge in [0, 0.05) is 49.6 Å². The molecule has 2 aliphatic heterocycles. The number of benzene rings is 1. The predicted octanol–water partition coefficient (Wildman–Crippen LogP) is 2.86. The topological polar surface area (TPSA) is 18.5 Å². The van der Waals surface area contributed by atoms with E-state index in [1.165, 1.54) is 43.7 Å². The summed E-state index contributed by atoms with van der Waals surface area (Å²) in [6.07, 6.45) is 3.89. The van der Waals surface area contributed by atoms with Gasteiger partial charge in [0.15, 0.2) is 0 Å². The molecule has 0 aromatic heterocycles. The molecule has 20 heavy (non-hydrogen) atoms. The number of nitrogens with zero attached hydrogens (tertiary/aromatic N) is 2. The Morgan fingerprint density at radius 1 is 1.10 bits per heavy atom. The lowest BCUT2D eigenvalue weighted by Crippen LogP contribution is -2.55. The molecular weight excluding hydrogens is 246 g/mol. The fraction of sp³-hybridized carbons (Fsp3) is 0.647. The van der Waals surface area contributed by atoms with Gasteiger partial charge in [0.2, 0.25) is 0 Å². The minimum absolute atomic E-state index is 0.579. The van der Waals surface area contributed by atoms with E-state index in [-0.39, 0.29) is 0 Å². The molecule has 2 fully saturated rings. The Bertz CT molecular complexity index is 422. The zero-order chi connectivity index (χ0) is 13.9. The Kier molecular flexibility index (Phi) is 4.16. The van der Waals surface area contributed by atoms with Crippen molar-refractivity contribution in [1.82, 2.24) is 5.32 Å². The zero-order valence-electron chi connectivity index (χ0n) is 12.8. The van der Waals surface area contributed by atoms with Crippen molar-refractivity contribution in [2.24, 2.45) is 0 Å². The van der Waals surface area contributed by atoms with Crippen LogP contribution in [0.15, 0.2) is 24.3 Å². The highest BCUT2D eigenvalue weighted by Crippen LogP contribution is 2.26. The van der Waals surface area contributed by atoms with Gasteiger partial charge in [-0.25, -0.2) is 0 Å². The second-order valence-corrected chi connectivity index (χ2v) is 6.23. The summed E-state index contributed by atoms with van der Waals surface area (Å²) < 4.78 is 0. The second-order valence-electron chi connectivity index (χ2n) is 6.23. The van der Waals surface area contributed by atoms with E-state index < -0.39 is 0 Å².